The van der Waals surface area contributed by atoms with E-state index >= 15 is 0 Å². The lowest BCUT2D eigenvalue weighted by molar-refractivity contribution is -0.122. The largest absolute Gasteiger partial charge is 0.507 e. The maximum absolute atomic E-state index is 11.6. The fourth-order valence-corrected chi connectivity index (χ4v) is 1.70. The zero-order chi connectivity index (χ0) is 12.4. The molecule has 0 unspecified atom stereocenters. The first kappa shape index (κ1) is 11.4. The highest BCUT2D eigenvalue weighted by Gasteiger charge is 2.25. The van der Waals surface area contributed by atoms with Crippen molar-refractivity contribution in [1.82, 2.24) is 0 Å². The summed E-state index contributed by atoms with van der Waals surface area (Å²) in [6.45, 7) is 0. The number of carboxylic acid groups (broad SMARTS) is 1. The molecule has 0 heterocycles. The third-order valence-electron chi connectivity index (χ3n) is 2.97. The molecule has 5 heteroatoms. The second-order valence-electron chi connectivity index (χ2n) is 4.15. The first-order valence-electron chi connectivity index (χ1n) is 5.45. The minimum absolute atomic E-state index is 0.0390. The number of carboxylic acids is 1. The van der Waals surface area contributed by atoms with Gasteiger partial charge in [-0.1, -0.05) is 6.42 Å². The zero-order valence-electron chi connectivity index (χ0n) is 9.14. The van der Waals surface area contributed by atoms with Crippen molar-refractivity contribution in [2.24, 2.45) is 5.92 Å². The molecule has 90 valence electrons. The highest BCUT2D eigenvalue weighted by atomic mass is 16.4. The molecule has 1 aliphatic rings. The topological polar surface area (TPSA) is 86.6 Å². The fraction of sp³-hybridized carbons (Fsp3) is 0.333. The van der Waals surface area contributed by atoms with E-state index in [2.05, 4.69) is 5.32 Å². The molecule has 3 N–H and O–H groups in total. The molecule has 0 radical (unpaired) electrons. The van der Waals surface area contributed by atoms with Crippen LogP contribution in [0.5, 0.6) is 5.75 Å². The van der Waals surface area contributed by atoms with Crippen LogP contribution in [0.3, 0.4) is 0 Å². The van der Waals surface area contributed by atoms with Crippen molar-refractivity contribution in [1.29, 1.82) is 0 Å². The van der Waals surface area contributed by atoms with E-state index in [-0.39, 0.29) is 23.1 Å². The number of hydrogen-bond acceptors (Lipinski definition) is 3. The van der Waals surface area contributed by atoms with Gasteiger partial charge in [0.1, 0.15) is 11.3 Å². The molecule has 0 aliphatic heterocycles. The number of amides is 1. The van der Waals surface area contributed by atoms with Crippen LogP contribution in [0.1, 0.15) is 29.6 Å². The van der Waals surface area contributed by atoms with Crippen molar-refractivity contribution < 1.29 is 19.8 Å². The standard InChI is InChI=1S/C12H13NO4/c14-10-5-4-8(6-9(10)12(16)17)13-11(15)7-2-1-3-7/h4-7,14H,1-3H2,(H,13,15)(H,16,17). The Hall–Kier alpha value is -2.04. The maximum Gasteiger partial charge on any atom is 0.339 e. The van der Waals surface area contributed by atoms with E-state index in [4.69, 9.17) is 5.11 Å². The van der Waals surface area contributed by atoms with Gasteiger partial charge in [0.05, 0.1) is 0 Å². The van der Waals surface area contributed by atoms with Gasteiger partial charge in [0, 0.05) is 11.6 Å². The Bertz CT molecular complexity index is 466. The Labute approximate surface area is 98.1 Å². The second kappa shape index (κ2) is 4.45. The Morgan fingerprint density at radius 2 is 2.00 bits per heavy atom. The zero-order valence-corrected chi connectivity index (χ0v) is 9.14. The van der Waals surface area contributed by atoms with Gasteiger partial charge >= 0.3 is 5.97 Å². The van der Waals surface area contributed by atoms with Gasteiger partial charge in [0.2, 0.25) is 5.91 Å². The van der Waals surface area contributed by atoms with Crippen molar-refractivity contribution in [3.63, 3.8) is 0 Å². The van der Waals surface area contributed by atoms with Gasteiger partial charge in [-0.05, 0) is 31.0 Å². The summed E-state index contributed by atoms with van der Waals surface area (Å²) in [5.74, 6) is -1.57. The predicted molar refractivity (Wildman–Crippen MR) is 61.0 cm³/mol. The van der Waals surface area contributed by atoms with Crippen LogP contribution in [-0.2, 0) is 4.79 Å². The van der Waals surface area contributed by atoms with Crippen molar-refractivity contribution in [3.8, 4) is 5.75 Å². The molecular weight excluding hydrogens is 222 g/mol. The lowest BCUT2D eigenvalue weighted by atomic mass is 9.85. The van der Waals surface area contributed by atoms with Gasteiger partial charge in [0.25, 0.3) is 0 Å². The van der Waals surface area contributed by atoms with E-state index in [0.29, 0.717) is 5.69 Å². The van der Waals surface area contributed by atoms with Crippen molar-refractivity contribution in [2.75, 3.05) is 5.32 Å². The number of hydrogen-bond donors (Lipinski definition) is 3. The highest BCUT2D eigenvalue weighted by Crippen LogP contribution is 2.28. The second-order valence-corrected chi connectivity index (χ2v) is 4.15. The van der Waals surface area contributed by atoms with Gasteiger partial charge in [-0.3, -0.25) is 4.79 Å². The van der Waals surface area contributed by atoms with Gasteiger partial charge in [-0.15, -0.1) is 0 Å². The number of benzene rings is 1. The summed E-state index contributed by atoms with van der Waals surface area (Å²) in [6.07, 6.45) is 2.83. The van der Waals surface area contributed by atoms with E-state index in [1.54, 1.807) is 0 Å². The van der Waals surface area contributed by atoms with E-state index in [0.717, 1.165) is 19.3 Å². The summed E-state index contributed by atoms with van der Waals surface area (Å²) in [6, 6.07) is 4.01. The molecule has 1 saturated carbocycles. The average molecular weight is 235 g/mol. The summed E-state index contributed by atoms with van der Waals surface area (Å²) in [5.41, 5.74) is 0.188. The van der Waals surface area contributed by atoms with Crippen LogP contribution in [0.4, 0.5) is 5.69 Å². The molecule has 17 heavy (non-hydrogen) atoms. The van der Waals surface area contributed by atoms with Crippen molar-refractivity contribution >= 4 is 17.6 Å². The summed E-state index contributed by atoms with van der Waals surface area (Å²) < 4.78 is 0. The van der Waals surface area contributed by atoms with Gasteiger partial charge in [-0.2, -0.15) is 0 Å². The number of phenols is 1. The number of carbonyl (C=O) groups is 2. The quantitative estimate of drug-likeness (QED) is 0.697. The molecule has 1 fully saturated rings. The third-order valence-corrected chi connectivity index (χ3v) is 2.97. The molecule has 0 saturated heterocycles. The van der Waals surface area contributed by atoms with Crippen molar-refractivity contribution in [2.45, 2.75) is 19.3 Å². The molecule has 0 aromatic heterocycles. The van der Waals surface area contributed by atoms with Crippen LogP contribution in [0.15, 0.2) is 18.2 Å². The van der Waals surface area contributed by atoms with Crippen LogP contribution >= 0.6 is 0 Å². The smallest absolute Gasteiger partial charge is 0.339 e. The molecule has 0 atom stereocenters. The predicted octanol–water partition coefficient (Wildman–Crippen LogP) is 1.83. The Morgan fingerprint density at radius 3 is 2.53 bits per heavy atom. The molecule has 5 nitrogen and oxygen atoms in total. The van der Waals surface area contributed by atoms with Gasteiger partial charge < -0.3 is 15.5 Å². The van der Waals surface area contributed by atoms with Crippen LogP contribution in [-0.4, -0.2) is 22.1 Å². The molecule has 1 aromatic carbocycles. The van der Waals surface area contributed by atoms with Crippen molar-refractivity contribution in [3.05, 3.63) is 23.8 Å². The fourth-order valence-electron chi connectivity index (χ4n) is 1.70. The van der Waals surface area contributed by atoms with Crippen LogP contribution < -0.4 is 5.32 Å². The van der Waals surface area contributed by atoms with E-state index in [9.17, 15) is 14.7 Å². The Kier molecular flexibility index (Phi) is 2.99. The molecule has 1 aliphatic carbocycles. The summed E-state index contributed by atoms with van der Waals surface area (Å²) in [7, 11) is 0. The average Bonchev–Trinajstić information content (AvgIpc) is 2.17. The Balaban J connectivity index is 2.13. The number of aromatic hydroxyl groups is 1. The minimum Gasteiger partial charge on any atom is -0.507 e. The SMILES string of the molecule is O=C(O)c1cc(NC(=O)C2CCC2)ccc1O. The summed E-state index contributed by atoms with van der Waals surface area (Å²) >= 11 is 0. The molecule has 1 amide bonds. The number of rotatable bonds is 3. The van der Waals surface area contributed by atoms with E-state index in [1.807, 2.05) is 0 Å². The molecular formula is C12H13NO4. The normalized spacial score (nSPS) is 15.1. The minimum atomic E-state index is -1.22. The van der Waals surface area contributed by atoms with Gasteiger partial charge in [-0.25, -0.2) is 4.79 Å². The molecule has 2 rings (SSSR count). The first-order valence-corrected chi connectivity index (χ1v) is 5.45. The summed E-state index contributed by atoms with van der Waals surface area (Å²) in [4.78, 5) is 22.4. The van der Waals surface area contributed by atoms with E-state index in [1.165, 1.54) is 18.2 Å². The molecule has 0 bridgehead atoms. The third kappa shape index (κ3) is 2.38. The monoisotopic (exact) mass is 235 g/mol. The molecule has 0 spiro atoms. The lowest BCUT2D eigenvalue weighted by Gasteiger charge is -2.24. The number of anilines is 1. The first-order chi connectivity index (χ1) is 8.08. The van der Waals surface area contributed by atoms with E-state index < -0.39 is 5.97 Å². The lowest BCUT2D eigenvalue weighted by Crippen LogP contribution is -2.28. The van der Waals surface area contributed by atoms with Crippen LogP contribution in [0.25, 0.3) is 0 Å². The number of aromatic carboxylic acids is 1. The number of nitrogens with one attached hydrogen (secondary N) is 1. The summed E-state index contributed by atoms with van der Waals surface area (Å²) in [5, 5.41) is 20.8. The van der Waals surface area contributed by atoms with Crippen LogP contribution in [0, 0.1) is 5.92 Å². The Morgan fingerprint density at radius 1 is 1.29 bits per heavy atom. The van der Waals surface area contributed by atoms with Crippen LogP contribution in [0.2, 0.25) is 0 Å². The maximum atomic E-state index is 11.6. The highest BCUT2D eigenvalue weighted by molar-refractivity contribution is 5.96. The number of carbonyl (C=O) groups excluding carboxylic acids is 1. The van der Waals surface area contributed by atoms with Gasteiger partial charge in [0.15, 0.2) is 0 Å². The molecule has 1 aromatic rings.